The minimum atomic E-state index is -0.627. The Bertz CT molecular complexity index is 940. The topological polar surface area (TPSA) is 56.1 Å². The maximum Gasteiger partial charge on any atom is 0.272 e. The van der Waals surface area contributed by atoms with Crippen molar-refractivity contribution in [1.29, 1.82) is 0 Å². The molecule has 0 saturated carbocycles. The molecule has 0 saturated heterocycles. The van der Waals surface area contributed by atoms with E-state index < -0.39 is 23.6 Å². The highest BCUT2D eigenvalue weighted by molar-refractivity contribution is 5.92. The van der Waals surface area contributed by atoms with Crippen molar-refractivity contribution in [2.24, 2.45) is 0 Å². The van der Waals surface area contributed by atoms with Crippen LogP contribution in [0.15, 0.2) is 54.7 Å². The van der Waals surface area contributed by atoms with Gasteiger partial charge in [0.2, 0.25) is 0 Å². The fourth-order valence-corrected chi connectivity index (χ4v) is 2.67. The van der Waals surface area contributed by atoms with Gasteiger partial charge in [-0.25, -0.2) is 13.5 Å². The van der Waals surface area contributed by atoms with Gasteiger partial charge in [0.1, 0.15) is 17.4 Å². The number of halogens is 2. The fraction of sp³-hybridized carbons (Fsp3) is 0.158. The van der Waals surface area contributed by atoms with Crippen LogP contribution >= 0.6 is 0 Å². The lowest BCUT2D eigenvalue weighted by Crippen LogP contribution is -2.28. The molecule has 0 aliphatic carbocycles. The van der Waals surface area contributed by atoms with Gasteiger partial charge in [-0.05, 0) is 43.3 Å². The molecule has 1 aromatic heterocycles. The first-order valence-corrected chi connectivity index (χ1v) is 7.94. The average molecular weight is 357 g/mol. The SMILES string of the molecule is COc1cccc(F)c1[C@H](C)NC(=O)c1ccn(-c2cccc(F)c2)n1. The zero-order valence-electron chi connectivity index (χ0n) is 14.2. The van der Waals surface area contributed by atoms with E-state index in [1.165, 1.54) is 42.1 Å². The van der Waals surface area contributed by atoms with Crippen LogP contribution in [0.25, 0.3) is 5.69 Å². The smallest absolute Gasteiger partial charge is 0.272 e. The summed E-state index contributed by atoms with van der Waals surface area (Å²) in [6, 6.07) is 11.2. The molecule has 5 nitrogen and oxygen atoms in total. The van der Waals surface area contributed by atoms with Gasteiger partial charge < -0.3 is 10.1 Å². The van der Waals surface area contributed by atoms with Crippen molar-refractivity contribution in [2.75, 3.05) is 7.11 Å². The third-order valence-corrected chi connectivity index (χ3v) is 3.91. The molecule has 0 aliphatic rings. The summed E-state index contributed by atoms with van der Waals surface area (Å²) in [5, 5.41) is 6.84. The number of aromatic nitrogens is 2. The number of rotatable bonds is 5. The predicted octanol–water partition coefficient (Wildman–Crippen LogP) is 3.65. The minimum absolute atomic E-state index is 0.136. The third-order valence-electron chi connectivity index (χ3n) is 3.91. The van der Waals surface area contributed by atoms with Crippen LogP contribution in [0.3, 0.4) is 0 Å². The highest BCUT2D eigenvalue weighted by atomic mass is 19.1. The van der Waals surface area contributed by atoms with E-state index in [2.05, 4.69) is 10.4 Å². The number of nitrogens with zero attached hydrogens (tertiary/aromatic N) is 2. The summed E-state index contributed by atoms with van der Waals surface area (Å²) >= 11 is 0. The minimum Gasteiger partial charge on any atom is -0.496 e. The first-order valence-electron chi connectivity index (χ1n) is 7.94. The molecular formula is C19H17F2N3O2. The Morgan fingerprint density at radius 2 is 1.96 bits per heavy atom. The largest absolute Gasteiger partial charge is 0.496 e. The van der Waals surface area contributed by atoms with Gasteiger partial charge in [0.05, 0.1) is 24.4 Å². The maximum atomic E-state index is 14.1. The van der Waals surface area contributed by atoms with Gasteiger partial charge in [-0.1, -0.05) is 12.1 Å². The van der Waals surface area contributed by atoms with Crippen molar-refractivity contribution in [3.8, 4) is 11.4 Å². The van der Waals surface area contributed by atoms with E-state index >= 15 is 0 Å². The summed E-state index contributed by atoms with van der Waals surface area (Å²) in [4.78, 5) is 12.4. The van der Waals surface area contributed by atoms with E-state index in [-0.39, 0.29) is 11.3 Å². The van der Waals surface area contributed by atoms with E-state index in [4.69, 9.17) is 4.74 Å². The van der Waals surface area contributed by atoms with Crippen molar-refractivity contribution in [3.63, 3.8) is 0 Å². The van der Waals surface area contributed by atoms with E-state index in [1.807, 2.05) is 0 Å². The van der Waals surface area contributed by atoms with E-state index in [0.29, 0.717) is 11.4 Å². The van der Waals surface area contributed by atoms with Crippen molar-refractivity contribution < 1.29 is 18.3 Å². The van der Waals surface area contributed by atoms with Crippen LogP contribution < -0.4 is 10.1 Å². The van der Waals surface area contributed by atoms with Gasteiger partial charge in [-0.15, -0.1) is 0 Å². The van der Waals surface area contributed by atoms with E-state index in [0.717, 1.165) is 0 Å². The number of hydrogen-bond acceptors (Lipinski definition) is 3. The number of ether oxygens (including phenoxy) is 1. The Morgan fingerprint density at radius 3 is 2.69 bits per heavy atom. The zero-order valence-corrected chi connectivity index (χ0v) is 14.2. The number of carbonyl (C=O) groups is 1. The second kappa shape index (κ2) is 7.35. The van der Waals surface area contributed by atoms with Crippen molar-refractivity contribution in [1.82, 2.24) is 15.1 Å². The van der Waals surface area contributed by atoms with Crippen LogP contribution in [0.4, 0.5) is 8.78 Å². The molecular weight excluding hydrogens is 340 g/mol. The zero-order chi connectivity index (χ0) is 18.7. The fourth-order valence-electron chi connectivity index (χ4n) is 2.67. The standard InChI is InChI=1S/C19H17F2N3O2/c1-12(18-15(21)7-4-8-17(18)26-2)22-19(25)16-9-10-24(23-16)14-6-3-5-13(20)11-14/h3-12H,1-2H3,(H,22,25)/t12-/m0/s1. The number of hydrogen-bond donors (Lipinski definition) is 1. The van der Waals surface area contributed by atoms with Gasteiger partial charge >= 0.3 is 0 Å². The second-order valence-corrected chi connectivity index (χ2v) is 5.68. The highest BCUT2D eigenvalue weighted by Crippen LogP contribution is 2.27. The van der Waals surface area contributed by atoms with Gasteiger partial charge in [0.15, 0.2) is 5.69 Å². The lowest BCUT2D eigenvalue weighted by atomic mass is 10.1. The highest BCUT2D eigenvalue weighted by Gasteiger charge is 2.20. The third kappa shape index (κ3) is 3.56. The number of amides is 1. The van der Waals surface area contributed by atoms with Crippen molar-refractivity contribution >= 4 is 5.91 Å². The lowest BCUT2D eigenvalue weighted by molar-refractivity contribution is 0.0933. The van der Waals surface area contributed by atoms with Gasteiger partial charge in [-0.2, -0.15) is 5.10 Å². The summed E-state index contributed by atoms with van der Waals surface area (Å²) in [5.74, 6) is -0.993. The average Bonchev–Trinajstić information content (AvgIpc) is 3.11. The Kier molecular flexibility index (Phi) is 4.97. The van der Waals surface area contributed by atoms with Crippen LogP contribution in [-0.4, -0.2) is 22.8 Å². The molecule has 0 spiro atoms. The Labute approximate surface area is 149 Å². The number of nitrogens with one attached hydrogen (secondary N) is 1. The molecule has 3 rings (SSSR count). The predicted molar refractivity (Wildman–Crippen MR) is 92.4 cm³/mol. The normalized spacial score (nSPS) is 11.8. The summed E-state index contributed by atoms with van der Waals surface area (Å²) < 4.78 is 34.0. The lowest BCUT2D eigenvalue weighted by Gasteiger charge is -2.17. The molecule has 1 atom stereocenters. The van der Waals surface area contributed by atoms with Gasteiger partial charge in [-0.3, -0.25) is 4.79 Å². The number of carbonyl (C=O) groups excluding carboxylic acids is 1. The van der Waals surface area contributed by atoms with Crippen molar-refractivity contribution in [2.45, 2.75) is 13.0 Å². The molecule has 1 heterocycles. The molecule has 1 N–H and O–H groups in total. The molecule has 0 fully saturated rings. The van der Waals surface area contributed by atoms with Gasteiger partial charge in [0.25, 0.3) is 5.91 Å². The molecule has 0 aliphatic heterocycles. The molecule has 0 radical (unpaired) electrons. The van der Waals surface area contributed by atoms with Crippen LogP contribution in [0, 0.1) is 11.6 Å². The van der Waals surface area contributed by atoms with Crippen LogP contribution in [0.5, 0.6) is 5.75 Å². The summed E-state index contributed by atoms with van der Waals surface area (Å²) in [7, 11) is 1.44. The molecule has 3 aromatic rings. The first kappa shape index (κ1) is 17.6. The molecule has 7 heteroatoms. The summed E-state index contributed by atoms with van der Waals surface area (Å²) in [5.41, 5.74) is 0.886. The number of benzene rings is 2. The van der Waals surface area contributed by atoms with Crippen LogP contribution in [0.2, 0.25) is 0 Å². The molecule has 2 aromatic carbocycles. The molecule has 0 unspecified atom stereocenters. The summed E-state index contributed by atoms with van der Waals surface area (Å²) in [6.07, 6.45) is 1.55. The Balaban J connectivity index is 1.79. The maximum absolute atomic E-state index is 14.1. The quantitative estimate of drug-likeness (QED) is 0.758. The molecule has 134 valence electrons. The molecule has 1 amide bonds. The van der Waals surface area contributed by atoms with Crippen molar-refractivity contribution in [3.05, 3.63) is 77.6 Å². The molecule has 26 heavy (non-hydrogen) atoms. The van der Waals surface area contributed by atoms with E-state index in [1.54, 1.807) is 31.3 Å². The second-order valence-electron chi connectivity index (χ2n) is 5.68. The Hall–Kier alpha value is -3.22. The monoisotopic (exact) mass is 357 g/mol. The Morgan fingerprint density at radius 1 is 1.19 bits per heavy atom. The first-order chi connectivity index (χ1) is 12.5. The van der Waals surface area contributed by atoms with Crippen LogP contribution in [0.1, 0.15) is 29.0 Å². The van der Waals surface area contributed by atoms with Gasteiger partial charge in [0, 0.05) is 6.20 Å². The molecule has 0 bridgehead atoms. The van der Waals surface area contributed by atoms with E-state index in [9.17, 15) is 13.6 Å². The number of methoxy groups -OCH3 is 1. The van der Waals surface area contributed by atoms with Crippen LogP contribution in [-0.2, 0) is 0 Å². The summed E-state index contributed by atoms with van der Waals surface area (Å²) in [6.45, 7) is 1.66.